The lowest BCUT2D eigenvalue weighted by molar-refractivity contribution is -0.384. The summed E-state index contributed by atoms with van der Waals surface area (Å²) < 4.78 is 1.40. The fourth-order valence-corrected chi connectivity index (χ4v) is 3.01. The van der Waals surface area contributed by atoms with Crippen LogP contribution in [-0.2, 0) is 0 Å². The molecule has 0 atom stereocenters. The first kappa shape index (κ1) is 16.7. The van der Waals surface area contributed by atoms with E-state index < -0.39 is 4.92 Å². The number of non-ortho nitro benzene ring substituents is 1. The van der Waals surface area contributed by atoms with Crippen molar-refractivity contribution in [1.29, 1.82) is 0 Å². The van der Waals surface area contributed by atoms with Crippen LogP contribution in [0.15, 0.2) is 52.1 Å². The van der Waals surface area contributed by atoms with Crippen molar-refractivity contribution in [2.24, 2.45) is 5.10 Å². The second kappa shape index (κ2) is 7.18. The molecule has 0 amide bonds. The van der Waals surface area contributed by atoms with Crippen LogP contribution in [0.2, 0.25) is 0 Å². The van der Waals surface area contributed by atoms with Crippen molar-refractivity contribution < 1.29 is 4.92 Å². The molecule has 0 saturated heterocycles. The molecule has 0 N–H and O–H groups in total. The zero-order chi connectivity index (χ0) is 17.8. The Kier molecular flexibility index (Phi) is 4.80. The molecule has 10 heteroatoms. The van der Waals surface area contributed by atoms with E-state index in [9.17, 15) is 10.1 Å². The van der Waals surface area contributed by atoms with Crippen molar-refractivity contribution in [3.63, 3.8) is 0 Å². The van der Waals surface area contributed by atoms with E-state index >= 15 is 0 Å². The summed E-state index contributed by atoms with van der Waals surface area (Å²) in [5.74, 6) is 0. The molecule has 0 unspecified atom stereocenters. The van der Waals surface area contributed by atoms with Gasteiger partial charge < -0.3 is 0 Å². The molecule has 0 aliphatic heterocycles. The maximum atomic E-state index is 11.0. The number of hydrogen-bond donors (Lipinski definition) is 0. The number of hydrogen-bond acceptors (Lipinski definition) is 8. The van der Waals surface area contributed by atoms with Crippen molar-refractivity contribution >= 4 is 23.7 Å². The van der Waals surface area contributed by atoms with E-state index in [0.717, 1.165) is 16.3 Å². The molecule has 0 aliphatic rings. The van der Waals surface area contributed by atoms with Crippen LogP contribution in [0.25, 0.3) is 0 Å². The van der Waals surface area contributed by atoms with Gasteiger partial charge in [-0.2, -0.15) is 5.10 Å². The molecule has 0 radical (unpaired) electrons. The second-order valence-electron chi connectivity index (χ2n) is 5.10. The smallest absolute Gasteiger partial charge is 0.258 e. The Morgan fingerprint density at radius 3 is 2.48 bits per heavy atom. The Morgan fingerprint density at radius 1 is 1.16 bits per heavy atom. The van der Waals surface area contributed by atoms with Gasteiger partial charge in [-0.3, -0.25) is 10.1 Å². The molecule has 1 aromatic carbocycles. The van der Waals surface area contributed by atoms with Gasteiger partial charge in [-0.1, -0.05) is 0 Å². The fourth-order valence-electron chi connectivity index (χ4n) is 2.06. The lowest BCUT2D eigenvalue weighted by Gasteiger charge is -2.06. The summed E-state index contributed by atoms with van der Waals surface area (Å²) in [6, 6.07) is 6.45. The average molecular weight is 355 g/mol. The Bertz CT molecular complexity index is 921. The predicted octanol–water partition coefficient (Wildman–Crippen LogP) is 2.63. The van der Waals surface area contributed by atoms with E-state index in [4.69, 9.17) is 0 Å². The topological polar surface area (TPSA) is 112 Å². The summed E-state index contributed by atoms with van der Waals surface area (Å²) in [6.45, 7) is 3.78. The first-order valence-corrected chi connectivity index (χ1v) is 8.00. The standard InChI is InChI=1S/C15H13N7O2S/c1-10-5-11(2)20-15(19-10)25-14-4-3-13(22(23)24)6-12(14)7-18-21-8-16-17-9-21/h3-9H,1-2H3. The predicted molar refractivity (Wildman–Crippen MR) is 91.7 cm³/mol. The van der Waals surface area contributed by atoms with Crippen LogP contribution in [0, 0.1) is 24.0 Å². The van der Waals surface area contributed by atoms with Gasteiger partial charge in [-0.15, -0.1) is 10.2 Å². The Balaban J connectivity index is 1.98. The highest BCUT2D eigenvalue weighted by atomic mass is 32.2. The van der Waals surface area contributed by atoms with Gasteiger partial charge in [-0.05, 0) is 37.7 Å². The molecule has 25 heavy (non-hydrogen) atoms. The lowest BCUT2D eigenvalue weighted by Crippen LogP contribution is -1.96. The van der Waals surface area contributed by atoms with Crippen molar-refractivity contribution in [3.8, 4) is 0 Å². The third kappa shape index (κ3) is 4.23. The number of nitrogens with zero attached hydrogens (tertiary/aromatic N) is 7. The molecule has 126 valence electrons. The van der Waals surface area contributed by atoms with E-state index in [2.05, 4.69) is 25.3 Å². The van der Waals surface area contributed by atoms with E-state index in [-0.39, 0.29) is 5.69 Å². The molecule has 9 nitrogen and oxygen atoms in total. The van der Waals surface area contributed by atoms with Gasteiger partial charge >= 0.3 is 0 Å². The number of benzene rings is 1. The summed E-state index contributed by atoms with van der Waals surface area (Å²) in [7, 11) is 0. The molecule has 3 aromatic rings. The molecule has 0 fully saturated rings. The van der Waals surface area contributed by atoms with Crippen molar-refractivity contribution in [3.05, 3.63) is 64.0 Å². The molecule has 0 spiro atoms. The monoisotopic (exact) mass is 355 g/mol. The zero-order valence-electron chi connectivity index (χ0n) is 13.4. The van der Waals surface area contributed by atoms with Crippen molar-refractivity contribution in [1.82, 2.24) is 24.8 Å². The maximum Gasteiger partial charge on any atom is 0.270 e. The van der Waals surface area contributed by atoms with Gasteiger partial charge in [0.15, 0.2) is 5.16 Å². The van der Waals surface area contributed by atoms with Gasteiger partial charge in [0.05, 0.1) is 11.1 Å². The number of aryl methyl sites for hydroxylation is 2. The van der Waals surface area contributed by atoms with Gasteiger partial charge in [0.2, 0.25) is 0 Å². The first-order chi connectivity index (χ1) is 12.0. The Morgan fingerprint density at radius 2 is 1.84 bits per heavy atom. The zero-order valence-corrected chi connectivity index (χ0v) is 14.2. The highest BCUT2D eigenvalue weighted by Gasteiger charge is 2.12. The molecule has 0 saturated carbocycles. The first-order valence-electron chi connectivity index (χ1n) is 7.19. The van der Waals surface area contributed by atoms with Gasteiger partial charge in [0.25, 0.3) is 5.69 Å². The minimum Gasteiger partial charge on any atom is -0.258 e. The van der Waals surface area contributed by atoms with Crippen LogP contribution in [0.1, 0.15) is 17.0 Å². The number of rotatable bonds is 5. The molecular weight excluding hydrogens is 342 g/mol. The van der Waals surface area contributed by atoms with E-state index in [1.807, 2.05) is 19.9 Å². The van der Waals surface area contributed by atoms with Gasteiger partial charge in [0, 0.05) is 34.0 Å². The molecule has 2 heterocycles. The highest BCUT2D eigenvalue weighted by Crippen LogP contribution is 2.30. The Labute approximate surface area is 147 Å². The van der Waals surface area contributed by atoms with Crippen LogP contribution in [-0.4, -0.2) is 36.0 Å². The molecule has 0 bridgehead atoms. The summed E-state index contributed by atoms with van der Waals surface area (Å²) in [4.78, 5) is 20.1. The third-order valence-electron chi connectivity index (χ3n) is 3.10. The van der Waals surface area contributed by atoms with Crippen LogP contribution >= 0.6 is 11.8 Å². The second-order valence-corrected chi connectivity index (χ2v) is 6.11. The largest absolute Gasteiger partial charge is 0.270 e. The number of nitro groups is 1. The van der Waals surface area contributed by atoms with E-state index in [0.29, 0.717) is 10.7 Å². The number of aromatic nitrogens is 5. The van der Waals surface area contributed by atoms with Crippen LogP contribution < -0.4 is 0 Å². The molecule has 0 aliphatic carbocycles. The van der Waals surface area contributed by atoms with E-state index in [1.54, 1.807) is 6.07 Å². The summed E-state index contributed by atoms with van der Waals surface area (Å²) in [5, 5.41) is 23.1. The SMILES string of the molecule is Cc1cc(C)nc(Sc2ccc([N+](=O)[O-])cc2C=Nn2cnnc2)n1. The quantitative estimate of drug-likeness (QED) is 0.299. The van der Waals surface area contributed by atoms with Crippen molar-refractivity contribution in [2.45, 2.75) is 23.9 Å². The molecule has 3 rings (SSSR count). The van der Waals surface area contributed by atoms with Gasteiger partial charge in [-0.25, -0.2) is 14.6 Å². The highest BCUT2D eigenvalue weighted by molar-refractivity contribution is 7.99. The summed E-state index contributed by atoms with van der Waals surface area (Å²) in [6.07, 6.45) is 4.36. The van der Waals surface area contributed by atoms with Crippen LogP contribution in [0.5, 0.6) is 0 Å². The van der Waals surface area contributed by atoms with Crippen LogP contribution in [0.3, 0.4) is 0 Å². The van der Waals surface area contributed by atoms with Gasteiger partial charge in [0.1, 0.15) is 12.7 Å². The molecular formula is C15H13N7O2S. The number of nitro benzene ring substituents is 1. The normalized spacial score (nSPS) is 11.1. The lowest BCUT2D eigenvalue weighted by atomic mass is 10.2. The summed E-state index contributed by atoms with van der Waals surface area (Å²) in [5.41, 5.74) is 2.28. The van der Waals surface area contributed by atoms with E-state index in [1.165, 1.54) is 47.4 Å². The average Bonchev–Trinajstić information content (AvgIpc) is 3.06. The minimum atomic E-state index is -0.447. The Hall–Kier alpha value is -3.14. The fraction of sp³-hybridized carbons (Fsp3) is 0.133. The van der Waals surface area contributed by atoms with Crippen molar-refractivity contribution in [2.75, 3.05) is 0 Å². The summed E-state index contributed by atoms with van der Waals surface area (Å²) >= 11 is 1.32. The molecule has 2 aromatic heterocycles. The third-order valence-corrected chi connectivity index (χ3v) is 4.06. The minimum absolute atomic E-state index is 0.0177. The van der Waals surface area contributed by atoms with Crippen LogP contribution in [0.4, 0.5) is 5.69 Å². The maximum absolute atomic E-state index is 11.0.